The zero-order valence-electron chi connectivity index (χ0n) is 15.7. The molecule has 0 radical (unpaired) electrons. The Morgan fingerprint density at radius 1 is 1.37 bits per heavy atom. The standard InChI is InChI=1S/C20H22N4O2S/c1-4-15-13(2)16(11-21)19-22-17-7-5-6-8-18(17)24(19)20(15)23(3)14-9-10-27(25,26)12-14/h5-8,14H,4,9-10,12H2,1-3H3. The van der Waals surface area contributed by atoms with Crippen molar-refractivity contribution in [1.82, 2.24) is 9.38 Å². The minimum atomic E-state index is -2.99. The number of fused-ring (bicyclic) bond motifs is 3. The molecule has 7 heteroatoms. The van der Waals surface area contributed by atoms with Crippen molar-refractivity contribution < 1.29 is 8.42 Å². The van der Waals surface area contributed by atoms with E-state index in [4.69, 9.17) is 4.98 Å². The molecule has 1 atom stereocenters. The van der Waals surface area contributed by atoms with Crippen LogP contribution >= 0.6 is 0 Å². The minimum Gasteiger partial charge on any atom is -0.356 e. The summed E-state index contributed by atoms with van der Waals surface area (Å²) in [5.74, 6) is 1.34. The van der Waals surface area contributed by atoms with Crippen LogP contribution in [0.25, 0.3) is 16.7 Å². The van der Waals surface area contributed by atoms with Gasteiger partial charge in [-0.15, -0.1) is 0 Å². The number of anilines is 1. The van der Waals surface area contributed by atoms with Gasteiger partial charge < -0.3 is 4.90 Å². The van der Waals surface area contributed by atoms with Crippen molar-refractivity contribution in [2.45, 2.75) is 32.7 Å². The molecule has 6 nitrogen and oxygen atoms in total. The normalized spacial score (nSPS) is 18.8. The highest BCUT2D eigenvalue weighted by Gasteiger charge is 2.33. The lowest BCUT2D eigenvalue weighted by atomic mass is 10.0. The van der Waals surface area contributed by atoms with Gasteiger partial charge in [-0.1, -0.05) is 19.1 Å². The molecule has 3 heterocycles. The smallest absolute Gasteiger partial charge is 0.157 e. The predicted octanol–water partition coefficient (Wildman–Crippen LogP) is 2.85. The molecule has 27 heavy (non-hydrogen) atoms. The van der Waals surface area contributed by atoms with Gasteiger partial charge in [0.2, 0.25) is 0 Å². The third-order valence-electron chi connectivity index (χ3n) is 5.65. The third-order valence-corrected chi connectivity index (χ3v) is 7.40. The molecule has 140 valence electrons. The number of sulfone groups is 1. The van der Waals surface area contributed by atoms with Crippen LogP contribution in [0.3, 0.4) is 0 Å². The summed E-state index contributed by atoms with van der Waals surface area (Å²) in [6, 6.07) is 10.1. The van der Waals surface area contributed by atoms with Gasteiger partial charge in [0.15, 0.2) is 15.5 Å². The number of aromatic nitrogens is 2. The van der Waals surface area contributed by atoms with Gasteiger partial charge in [0.05, 0.1) is 28.1 Å². The van der Waals surface area contributed by atoms with Gasteiger partial charge in [-0.2, -0.15) is 5.26 Å². The van der Waals surface area contributed by atoms with Gasteiger partial charge in [-0.3, -0.25) is 4.40 Å². The molecule has 4 rings (SSSR count). The summed E-state index contributed by atoms with van der Waals surface area (Å²) in [5.41, 5.74) is 4.96. The maximum atomic E-state index is 12.0. The Labute approximate surface area is 159 Å². The highest BCUT2D eigenvalue weighted by Crippen LogP contribution is 2.35. The molecule has 1 aromatic carbocycles. The number of nitriles is 1. The number of para-hydroxylation sites is 2. The lowest BCUT2D eigenvalue weighted by molar-refractivity contribution is 0.600. The lowest BCUT2D eigenvalue weighted by Gasteiger charge is -2.30. The van der Waals surface area contributed by atoms with Crippen molar-refractivity contribution in [2.24, 2.45) is 0 Å². The number of nitrogens with zero attached hydrogens (tertiary/aromatic N) is 4. The predicted molar refractivity (Wildman–Crippen MR) is 107 cm³/mol. The Balaban J connectivity index is 2.08. The van der Waals surface area contributed by atoms with Gasteiger partial charge in [0.1, 0.15) is 11.9 Å². The molecule has 3 aromatic rings. The number of imidazole rings is 1. The largest absolute Gasteiger partial charge is 0.356 e. The van der Waals surface area contributed by atoms with E-state index in [1.54, 1.807) is 0 Å². The third kappa shape index (κ3) is 2.67. The van der Waals surface area contributed by atoms with Crippen LogP contribution in [-0.2, 0) is 16.3 Å². The lowest BCUT2D eigenvalue weighted by Crippen LogP contribution is -2.35. The van der Waals surface area contributed by atoms with Gasteiger partial charge in [-0.05, 0) is 43.0 Å². The number of benzene rings is 1. The van der Waals surface area contributed by atoms with Crippen LogP contribution < -0.4 is 4.90 Å². The molecular formula is C20H22N4O2S. The molecular weight excluding hydrogens is 360 g/mol. The van der Waals surface area contributed by atoms with E-state index in [1.165, 1.54) is 0 Å². The molecule has 1 aliphatic rings. The Kier molecular flexibility index (Phi) is 4.11. The molecule has 2 aromatic heterocycles. The second-order valence-corrected chi connectivity index (χ2v) is 9.42. The highest BCUT2D eigenvalue weighted by atomic mass is 32.2. The monoisotopic (exact) mass is 382 g/mol. The quantitative estimate of drug-likeness (QED) is 0.696. The zero-order valence-corrected chi connectivity index (χ0v) is 16.5. The van der Waals surface area contributed by atoms with Crippen molar-refractivity contribution in [3.05, 3.63) is 41.0 Å². The molecule has 1 fully saturated rings. The molecule has 0 bridgehead atoms. The van der Waals surface area contributed by atoms with E-state index in [0.29, 0.717) is 17.6 Å². The first-order valence-electron chi connectivity index (χ1n) is 9.14. The van der Waals surface area contributed by atoms with E-state index in [2.05, 4.69) is 17.9 Å². The summed E-state index contributed by atoms with van der Waals surface area (Å²) in [6.07, 6.45) is 1.37. The summed E-state index contributed by atoms with van der Waals surface area (Å²) in [4.78, 5) is 6.80. The van der Waals surface area contributed by atoms with E-state index in [0.717, 1.165) is 34.4 Å². The molecule has 1 aliphatic heterocycles. The van der Waals surface area contributed by atoms with Crippen molar-refractivity contribution >= 4 is 32.3 Å². The topological polar surface area (TPSA) is 78.5 Å². The van der Waals surface area contributed by atoms with Crippen LogP contribution in [-0.4, -0.2) is 42.4 Å². The van der Waals surface area contributed by atoms with Crippen LogP contribution in [0.5, 0.6) is 0 Å². The van der Waals surface area contributed by atoms with E-state index in [9.17, 15) is 13.7 Å². The number of hydrogen-bond donors (Lipinski definition) is 0. The average molecular weight is 382 g/mol. The van der Waals surface area contributed by atoms with Crippen LogP contribution in [0, 0.1) is 18.3 Å². The molecule has 0 amide bonds. The van der Waals surface area contributed by atoms with Crippen LogP contribution in [0.4, 0.5) is 5.82 Å². The van der Waals surface area contributed by atoms with E-state index >= 15 is 0 Å². The van der Waals surface area contributed by atoms with Gasteiger partial charge in [0, 0.05) is 13.1 Å². The summed E-state index contributed by atoms with van der Waals surface area (Å²) in [5, 5.41) is 9.77. The maximum absolute atomic E-state index is 12.0. The Morgan fingerprint density at radius 3 is 2.74 bits per heavy atom. The average Bonchev–Trinajstić information content (AvgIpc) is 3.20. The highest BCUT2D eigenvalue weighted by molar-refractivity contribution is 7.91. The van der Waals surface area contributed by atoms with E-state index in [-0.39, 0.29) is 17.5 Å². The van der Waals surface area contributed by atoms with Crippen molar-refractivity contribution in [2.75, 3.05) is 23.5 Å². The SMILES string of the molecule is CCc1c(C)c(C#N)c2nc3ccccc3n2c1N(C)C1CCS(=O)(=O)C1. The summed E-state index contributed by atoms with van der Waals surface area (Å²) in [7, 11) is -1.03. The van der Waals surface area contributed by atoms with Crippen LogP contribution in [0.15, 0.2) is 24.3 Å². The summed E-state index contributed by atoms with van der Waals surface area (Å²) in [6.45, 7) is 4.02. The number of rotatable bonds is 3. The maximum Gasteiger partial charge on any atom is 0.157 e. The fourth-order valence-corrected chi connectivity index (χ4v) is 5.99. The van der Waals surface area contributed by atoms with Crippen molar-refractivity contribution in [1.29, 1.82) is 5.26 Å². The fraction of sp³-hybridized carbons (Fsp3) is 0.400. The molecule has 0 aliphatic carbocycles. The number of hydrogen-bond acceptors (Lipinski definition) is 5. The molecule has 0 N–H and O–H groups in total. The van der Waals surface area contributed by atoms with Crippen LogP contribution in [0.2, 0.25) is 0 Å². The first-order valence-corrected chi connectivity index (χ1v) is 11.0. The van der Waals surface area contributed by atoms with Gasteiger partial charge >= 0.3 is 0 Å². The second-order valence-electron chi connectivity index (χ2n) is 7.19. The second kappa shape index (κ2) is 6.24. The molecule has 1 saturated heterocycles. The number of pyridine rings is 1. The van der Waals surface area contributed by atoms with Crippen molar-refractivity contribution in [3.63, 3.8) is 0 Å². The molecule has 0 spiro atoms. The Hall–Kier alpha value is -2.59. The van der Waals surface area contributed by atoms with E-state index in [1.807, 2.05) is 42.6 Å². The first-order chi connectivity index (χ1) is 12.9. The summed E-state index contributed by atoms with van der Waals surface area (Å²) >= 11 is 0. The minimum absolute atomic E-state index is 0.0722. The Morgan fingerprint density at radius 2 is 2.11 bits per heavy atom. The molecule has 1 unspecified atom stereocenters. The first kappa shape index (κ1) is 17.8. The van der Waals surface area contributed by atoms with E-state index < -0.39 is 9.84 Å². The van der Waals surface area contributed by atoms with Crippen molar-refractivity contribution in [3.8, 4) is 6.07 Å². The van der Waals surface area contributed by atoms with Gasteiger partial charge in [0.25, 0.3) is 0 Å². The molecule has 0 saturated carbocycles. The fourth-order valence-electron chi connectivity index (χ4n) is 4.21. The summed E-state index contributed by atoms with van der Waals surface area (Å²) < 4.78 is 26.1. The zero-order chi connectivity index (χ0) is 19.3. The van der Waals surface area contributed by atoms with Gasteiger partial charge in [-0.25, -0.2) is 13.4 Å². The Bertz CT molecular complexity index is 1200. The van der Waals surface area contributed by atoms with Crippen LogP contribution in [0.1, 0.15) is 30.0 Å².